The van der Waals surface area contributed by atoms with Crippen LogP contribution in [0.3, 0.4) is 0 Å². The lowest BCUT2D eigenvalue weighted by Crippen LogP contribution is -2.57. The van der Waals surface area contributed by atoms with Crippen molar-refractivity contribution in [1.82, 2.24) is 0 Å². The topological polar surface area (TPSA) is 29.1 Å². The summed E-state index contributed by atoms with van der Waals surface area (Å²) >= 11 is 10.1. The van der Waals surface area contributed by atoms with Crippen LogP contribution in [-0.2, 0) is 4.79 Å². The molecule has 4 heteroatoms. The summed E-state index contributed by atoms with van der Waals surface area (Å²) in [6.07, 6.45) is 6.87. The van der Waals surface area contributed by atoms with Gasteiger partial charge in [-0.25, -0.2) is 0 Å². The van der Waals surface area contributed by atoms with E-state index in [0.29, 0.717) is 16.9 Å². The van der Waals surface area contributed by atoms with Crippen molar-refractivity contribution >= 4 is 39.1 Å². The van der Waals surface area contributed by atoms with Crippen LogP contribution in [-0.4, -0.2) is 10.2 Å². The quantitative estimate of drug-likeness (QED) is 0.730. The van der Waals surface area contributed by atoms with E-state index in [-0.39, 0.29) is 15.6 Å². The molecule has 1 N–H and O–H groups in total. The summed E-state index contributed by atoms with van der Waals surface area (Å²) in [4.78, 5) is 13.0. The molecule has 5 rings (SSSR count). The highest BCUT2D eigenvalue weighted by Crippen LogP contribution is 2.64. The summed E-state index contributed by atoms with van der Waals surface area (Å²) in [6, 6.07) is 7.50. The number of hydrogen-bond donors (Lipinski definition) is 1. The highest BCUT2D eigenvalue weighted by Gasteiger charge is 2.59. The van der Waals surface area contributed by atoms with Crippen molar-refractivity contribution in [1.29, 1.82) is 0 Å². The van der Waals surface area contributed by atoms with E-state index in [1.54, 1.807) is 0 Å². The molecule has 2 nitrogen and oxygen atoms in total. The first-order valence-corrected chi connectivity index (χ1v) is 8.90. The van der Waals surface area contributed by atoms with Crippen LogP contribution in [0.1, 0.15) is 38.5 Å². The minimum atomic E-state index is -0.188. The molecule has 0 aromatic heterocycles. The standard InChI is InChI=1S/C17H19BrClNO/c18-17-8-11-5-12(9-17)7-16(6-11,10-17)15(21)20-14-4-2-1-3-13(14)19/h1-4,11-12H,5-10H2,(H,20,21)/t11-,12+,16?,17?. The Morgan fingerprint density at radius 2 is 1.86 bits per heavy atom. The van der Waals surface area contributed by atoms with Crippen molar-refractivity contribution in [2.45, 2.75) is 42.8 Å². The summed E-state index contributed by atoms with van der Waals surface area (Å²) < 4.78 is 0.203. The van der Waals surface area contributed by atoms with Crippen LogP contribution in [0, 0.1) is 17.3 Å². The second kappa shape index (κ2) is 4.73. The summed E-state index contributed by atoms with van der Waals surface area (Å²) in [5.74, 6) is 1.60. The average Bonchev–Trinajstić information content (AvgIpc) is 2.38. The SMILES string of the molecule is O=C(Nc1ccccc1Cl)C12C[C@@H]3C[C@@H](CC(Br)(C3)C1)C2. The number of amides is 1. The lowest BCUT2D eigenvalue weighted by Gasteiger charge is -2.59. The third-order valence-electron chi connectivity index (χ3n) is 5.59. The smallest absolute Gasteiger partial charge is 0.230 e. The number of rotatable bonds is 2. The fraction of sp³-hybridized carbons (Fsp3) is 0.588. The van der Waals surface area contributed by atoms with Crippen LogP contribution >= 0.6 is 27.5 Å². The first kappa shape index (κ1) is 14.1. The van der Waals surface area contributed by atoms with E-state index in [1.807, 2.05) is 24.3 Å². The number of alkyl halides is 1. The molecule has 4 aliphatic carbocycles. The maximum atomic E-state index is 13.0. The van der Waals surface area contributed by atoms with Crippen molar-refractivity contribution in [2.75, 3.05) is 5.32 Å². The lowest BCUT2D eigenvalue weighted by molar-refractivity contribution is -0.138. The number of hydrogen-bond acceptors (Lipinski definition) is 1. The zero-order valence-electron chi connectivity index (χ0n) is 11.9. The Kier molecular flexibility index (Phi) is 3.17. The third-order valence-corrected chi connectivity index (χ3v) is 6.85. The van der Waals surface area contributed by atoms with Gasteiger partial charge in [-0.15, -0.1) is 0 Å². The Bertz CT molecular complexity index is 588. The number of anilines is 1. The van der Waals surface area contributed by atoms with Crippen LogP contribution < -0.4 is 5.32 Å². The van der Waals surface area contributed by atoms with Crippen LogP contribution in [0.4, 0.5) is 5.69 Å². The molecular formula is C17H19BrClNO. The highest BCUT2D eigenvalue weighted by molar-refractivity contribution is 9.10. The van der Waals surface area contributed by atoms with Crippen molar-refractivity contribution in [2.24, 2.45) is 17.3 Å². The molecule has 112 valence electrons. The highest BCUT2D eigenvalue weighted by atomic mass is 79.9. The van der Waals surface area contributed by atoms with Crippen LogP contribution in [0.2, 0.25) is 5.02 Å². The zero-order valence-corrected chi connectivity index (χ0v) is 14.2. The summed E-state index contributed by atoms with van der Waals surface area (Å²) in [7, 11) is 0. The minimum absolute atomic E-state index is 0.175. The van der Waals surface area contributed by atoms with E-state index in [0.717, 1.165) is 24.9 Å². The van der Waals surface area contributed by atoms with Gasteiger partial charge in [0.1, 0.15) is 0 Å². The third kappa shape index (κ3) is 2.33. The van der Waals surface area contributed by atoms with Gasteiger partial charge in [0.15, 0.2) is 0 Å². The van der Waals surface area contributed by atoms with Crippen LogP contribution in [0.15, 0.2) is 24.3 Å². The van der Waals surface area contributed by atoms with Crippen LogP contribution in [0.25, 0.3) is 0 Å². The monoisotopic (exact) mass is 367 g/mol. The van der Waals surface area contributed by atoms with Gasteiger partial charge in [-0.3, -0.25) is 4.79 Å². The first-order chi connectivity index (χ1) is 9.98. The average molecular weight is 369 g/mol. The second-order valence-electron chi connectivity index (χ2n) is 7.33. The maximum Gasteiger partial charge on any atom is 0.230 e. The number of nitrogens with one attached hydrogen (secondary N) is 1. The molecular weight excluding hydrogens is 350 g/mol. The van der Waals surface area contributed by atoms with E-state index >= 15 is 0 Å². The van der Waals surface area contributed by atoms with Gasteiger partial charge in [-0.05, 0) is 62.5 Å². The normalized spacial score (nSPS) is 40.3. The fourth-order valence-electron chi connectivity index (χ4n) is 5.23. The molecule has 0 heterocycles. The number of carbonyl (C=O) groups excluding carboxylic acids is 1. The fourth-order valence-corrected chi connectivity index (χ4v) is 6.87. The summed E-state index contributed by atoms with van der Waals surface area (Å²) in [5.41, 5.74) is 0.552. The van der Waals surface area contributed by atoms with Gasteiger partial charge in [-0.1, -0.05) is 39.7 Å². The van der Waals surface area contributed by atoms with Crippen LogP contribution in [0.5, 0.6) is 0 Å². The van der Waals surface area contributed by atoms with Crippen molar-refractivity contribution in [3.05, 3.63) is 29.3 Å². The molecule has 0 aliphatic heterocycles. The number of benzene rings is 1. The largest absolute Gasteiger partial charge is 0.324 e. The first-order valence-electron chi connectivity index (χ1n) is 7.73. The summed E-state index contributed by atoms with van der Waals surface area (Å²) in [5, 5.41) is 3.71. The molecule has 1 aromatic carbocycles. The van der Waals surface area contributed by atoms with Crippen molar-refractivity contribution < 1.29 is 4.79 Å². The van der Waals surface area contributed by atoms with Gasteiger partial charge in [0.05, 0.1) is 16.1 Å². The zero-order chi connectivity index (χ0) is 14.7. The molecule has 0 saturated heterocycles. The van der Waals surface area contributed by atoms with Crippen molar-refractivity contribution in [3.63, 3.8) is 0 Å². The van der Waals surface area contributed by atoms with E-state index in [2.05, 4.69) is 21.2 Å². The molecule has 2 unspecified atom stereocenters. The van der Waals surface area contributed by atoms with E-state index in [9.17, 15) is 4.79 Å². The minimum Gasteiger partial charge on any atom is -0.324 e. The Balaban J connectivity index is 1.61. The Morgan fingerprint density at radius 3 is 2.48 bits per heavy atom. The van der Waals surface area contributed by atoms with Gasteiger partial charge < -0.3 is 5.32 Å². The predicted molar refractivity (Wildman–Crippen MR) is 88.9 cm³/mol. The predicted octanol–water partition coefficient (Wildman–Crippen LogP) is 5.01. The van der Waals surface area contributed by atoms with Crippen molar-refractivity contribution in [3.8, 4) is 0 Å². The van der Waals surface area contributed by atoms with E-state index in [4.69, 9.17) is 11.6 Å². The number of halogens is 2. The van der Waals surface area contributed by atoms with Gasteiger partial charge in [-0.2, -0.15) is 0 Å². The Hall–Kier alpha value is -0.540. The molecule has 0 spiro atoms. The van der Waals surface area contributed by atoms with Gasteiger partial charge >= 0.3 is 0 Å². The molecule has 4 saturated carbocycles. The number of carbonyl (C=O) groups is 1. The Morgan fingerprint density at radius 1 is 1.19 bits per heavy atom. The van der Waals surface area contributed by atoms with E-state index in [1.165, 1.54) is 19.3 Å². The maximum absolute atomic E-state index is 13.0. The lowest BCUT2D eigenvalue weighted by atomic mass is 9.49. The molecule has 0 radical (unpaired) electrons. The van der Waals surface area contributed by atoms with Gasteiger partial charge in [0.25, 0.3) is 0 Å². The molecule has 4 fully saturated rings. The summed E-state index contributed by atoms with van der Waals surface area (Å²) in [6.45, 7) is 0. The Labute approximate surface area is 138 Å². The second-order valence-corrected chi connectivity index (χ2v) is 9.42. The molecule has 4 aliphatic rings. The van der Waals surface area contributed by atoms with Gasteiger partial charge in [0, 0.05) is 4.32 Å². The number of para-hydroxylation sites is 1. The molecule has 21 heavy (non-hydrogen) atoms. The molecule has 4 bridgehead atoms. The molecule has 1 amide bonds. The van der Waals surface area contributed by atoms with Gasteiger partial charge in [0.2, 0.25) is 5.91 Å². The molecule has 4 atom stereocenters. The molecule has 1 aromatic rings. The van der Waals surface area contributed by atoms with E-state index < -0.39 is 0 Å².